The third-order valence-electron chi connectivity index (χ3n) is 4.02. The van der Waals surface area contributed by atoms with Gasteiger partial charge >= 0.3 is 7.32 Å². The Morgan fingerprint density at radius 3 is 0.480 bits per heavy atom. The van der Waals surface area contributed by atoms with Gasteiger partial charge in [0, 0.05) is 0 Å². The zero-order valence-corrected chi connectivity index (χ0v) is 18.6. The Labute approximate surface area is 159 Å². The zero-order chi connectivity index (χ0) is 20.7. The van der Waals surface area contributed by atoms with Crippen molar-refractivity contribution in [2.45, 2.75) is 62.3 Å². The van der Waals surface area contributed by atoms with E-state index in [1.165, 1.54) is 58.9 Å². The fraction of sp³-hybridized carbons (Fsp3) is 1.00. The summed E-state index contributed by atoms with van der Waals surface area (Å²) in [5.41, 5.74) is 0. The fourth-order valence-electron chi connectivity index (χ4n) is 2.01. The topological polar surface area (TPSA) is 70.4 Å². The van der Waals surface area contributed by atoms with Gasteiger partial charge in [0.25, 0.3) is 0 Å². The van der Waals surface area contributed by atoms with Crippen molar-refractivity contribution < 1.29 is 15.1 Å². The minimum absolute atomic E-state index is 1.19. The molecule has 0 saturated heterocycles. The molecule has 0 radical (unpaired) electrons. The highest BCUT2D eigenvalue weighted by atomic mass is 16.5. The maximum Gasteiger partial charge on any atom is 0.631 e. The van der Waals surface area contributed by atoms with Crippen molar-refractivity contribution >= 4 is 7.32 Å². The van der Waals surface area contributed by atoms with Gasteiger partial charge in [-0.1, -0.05) is 62.3 Å². The molecule has 0 atom stereocenters. The van der Waals surface area contributed by atoms with Crippen LogP contribution in [0.25, 0.3) is 0 Å². The molecule has 0 aliphatic heterocycles. The first-order valence-electron chi connectivity index (χ1n) is 9.98. The molecule has 0 aliphatic rings. The van der Waals surface area contributed by atoms with E-state index in [0.29, 0.717) is 0 Å². The van der Waals surface area contributed by atoms with Crippen LogP contribution < -0.4 is 0 Å². The molecule has 0 heterocycles. The molecule has 0 aliphatic carbocycles. The summed E-state index contributed by atoms with van der Waals surface area (Å²) in [7, 11) is -2.17. The second-order valence-electron chi connectivity index (χ2n) is 5.20. The molecule has 0 amide bonds. The lowest BCUT2D eigenvalue weighted by Crippen LogP contribution is -2.21. The molecule has 0 fully saturated rings. The molecule has 0 aromatic heterocycles. The van der Waals surface area contributed by atoms with Crippen molar-refractivity contribution in [1.82, 2.24) is 14.7 Å². The molecule has 7 heteroatoms. The van der Waals surface area contributed by atoms with Gasteiger partial charge in [0.05, 0.1) is 0 Å². The Morgan fingerprint density at radius 1 is 0.400 bits per heavy atom. The van der Waals surface area contributed by atoms with E-state index in [9.17, 15) is 0 Å². The normalized spacial score (nSPS) is 9.72. The Balaban J connectivity index is -0.000000120. The molecule has 0 spiro atoms. The van der Waals surface area contributed by atoms with E-state index in [0.717, 1.165) is 0 Å². The van der Waals surface area contributed by atoms with Gasteiger partial charge in [-0.3, -0.25) is 0 Å². The molecule has 0 rings (SSSR count). The van der Waals surface area contributed by atoms with Gasteiger partial charge in [-0.05, 0) is 58.9 Å². The van der Waals surface area contributed by atoms with Gasteiger partial charge in [-0.25, -0.2) is 0 Å². The zero-order valence-electron chi connectivity index (χ0n) is 18.6. The lowest BCUT2D eigenvalue weighted by atomic mass is 10.3. The maximum atomic E-state index is 7.17. The largest absolute Gasteiger partial charge is 0.631 e. The van der Waals surface area contributed by atoms with Crippen LogP contribution >= 0.6 is 0 Å². The van der Waals surface area contributed by atoms with E-state index in [2.05, 4.69) is 77.0 Å². The summed E-state index contributed by atoms with van der Waals surface area (Å²) in [6, 6.07) is 0. The Kier molecular flexibility index (Phi) is 37.2. The van der Waals surface area contributed by atoms with Crippen LogP contribution in [0.5, 0.6) is 0 Å². The van der Waals surface area contributed by atoms with Gasteiger partial charge < -0.3 is 29.8 Å². The summed E-state index contributed by atoms with van der Waals surface area (Å²) < 4.78 is 0. The molecule has 0 aromatic rings. The summed E-state index contributed by atoms with van der Waals surface area (Å²) in [5, 5.41) is 21.5. The molecular weight excluding hydrogens is 317 g/mol. The Morgan fingerprint density at radius 2 is 0.480 bits per heavy atom. The lowest BCUT2D eigenvalue weighted by molar-refractivity contribution is 0.278. The van der Waals surface area contributed by atoms with Gasteiger partial charge in [-0.15, -0.1) is 0 Å². The number of hydrogen-bond acceptors (Lipinski definition) is 6. The molecule has 0 aromatic carbocycles. The molecule has 0 saturated carbocycles. The minimum atomic E-state index is -2.17. The second kappa shape index (κ2) is 28.6. The number of nitrogens with zero attached hydrogens (tertiary/aromatic N) is 3. The van der Waals surface area contributed by atoms with Gasteiger partial charge in [0.1, 0.15) is 0 Å². The highest BCUT2D eigenvalue weighted by Crippen LogP contribution is 1.82. The number of hydrogen-bond donors (Lipinski definition) is 3. The number of rotatable bonds is 9. The van der Waals surface area contributed by atoms with Crippen molar-refractivity contribution in [2.24, 2.45) is 0 Å². The van der Waals surface area contributed by atoms with Crippen molar-refractivity contribution in [2.75, 3.05) is 58.9 Å². The maximum absolute atomic E-state index is 7.17. The van der Waals surface area contributed by atoms with Crippen LogP contribution in [0.3, 0.4) is 0 Å². The summed E-state index contributed by atoms with van der Waals surface area (Å²) in [6.45, 7) is 30.4. The monoisotopic (exact) mass is 365 g/mol. The van der Waals surface area contributed by atoms with Crippen LogP contribution in [0.15, 0.2) is 0 Å². The fourth-order valence-corrected chi connectivity index (χ4v) is 2.01. The molecular formula is C18H48BN3O3. The average Bonchev–Trinajstić information content (AvgIpc) is 2.60. The highest BCUT2D eigenvalue weighted by molar-refractivity contribution is 6.30. The summed E-state index contributed by atoms with van der Waals surface area (Å²) in [4.78, 5) is 7.12. The first-order valence-corrected chi connectivity index (χ1v) is 9.98. The smallest absolute Gasteiger partial charge is 0.402 e. The Bertz CT molecular complexity index is 154. The third-order valence-corrected chi connectivity index (χ3v) is 4.02. The average molecular weight is 365 g/mol. The second-order valence-corrected chi connectivity index (χ2v) is 5.20. The van der Waals surface area contributed by atoms with E-state index < -0.39 is 7.32 Å². The predicted octanol–water partition coefficient (Wildman–Crippen LogP) is 1.99. The quantitative estimate of drug-likeness (QED) is 0.543. The molecule has 156 valence electrons. The third kappa shape index (κ3) is 35.7. The summed E-state index contributed by atoms with van der Waals surface area (Å²) >= 11 is 0. The molecule has 6 nitrogen and oxygen atoms in total. The van der Waals surface area contributed by atoms with Crippen molar-refractivity contribution in [3.05, 3.63) is 0 Å². The van der Waals surface area contributed by atoms with Crippen LogP contribution in [-0.2, 0) is 0 Å². The van der Waals surface area contributed by atoms with E-state index in [4.69, 9.17) is 15.1 Å². The predicted molar refractivity (Wildman–Crippen MR) is 113 cm³/mol. The van der Waals surface area contributed by atoms with Crippen LogP contribution in [0.2, 0.25) is 0 Å². The van der Waals surface area contributed by atoms with E-state index in [-0.39, 0.29) is 0 Å². The standard InChI is InChI=1S/3C6H15N.BH3O3/c3*1-4-7(5-2)6-3;2-1(3)4/h3*4-6H2,1-3H3;2-4H. The lowest BCUT2D eigenvalue weighted by Gasteiger charge is -2.13. The van der Waals surface area contributed by atoms with Gasteiger partial charge in [0.15, 0.2) is 0 Å². The first kappa shape index (κ1) is 32.5. The van der Waals surface area contributed by atoms with Gasteiger partial charge in [-0.2, -0.15) is 0 Å². The first-order chi connectivity index (χ1) is 11.8. The highest BCUT2D eigenvalue weighted by Gasteiger charge is 1.92. The van der Waals surface area contributed by atoms with Crippen LogP contribution in [-0.4, -0.2) is 96.0 Å². The van der Waals surface area contributed by atoms with E-state index >= 15 is 0 Å². The molecule has 0 bridgehead atoms. The molecule has 25 heavy (non-hydrogen) atoms. The SMILES string of the molecule is CCN(CC)CC.CCN(CC)CC.CCN(CC)CC.OB(O)O. The summed E-state index contributed by atoms with van der Waals surface area (Å²) in [5.74, 6) is 0. The van der Waals surface area contributed by atoms with Crippen molar-refractivity contribution in [3.63, 3.8) is 0 Å². The van der Waals surface area contributed by atoms with Crippen LogP contribution in [0, 0.1) is 0 Å². The molecule has 3 N–H and O–H groups in total. The minimum Gasteiger partial charge on any atom is -0.402 e. The Hall–Kier alpha value is -0.175. The van der Waals surface area contributed by atoms with Crippen molar-refractivity contribution in [3.8, 4) is 0 Å². The summed E-state index contributed by atoms with van der Waals surface area (Å²) in [6.07, 6.45) is 0. The van der Waals surface area contributed by atoms with Gasteiger partial charge in [0.2, 0.25) is 0 Å². The van der Waals surface area contributed by atoms with E-state index in [1.807, 2.05) is 0 Å². The van der Waals surface area contributed by atoms with Crippen LogP contribution in [0.1, 0.15) is 62.3 Å². The van der Waals surface area contributed by atoms with Crippen molar-refractivity contribution in [1.29, 1.82) is 0 Å². The molecule has 0 unspecified atom stereocenters. The van der Waals surface area contributed by atoms with E-state index in [1.54, 1.807) is 0 Å². The van der Waals surface area contributed by atoms with Crippen LogP contribution in [0.4, 0.5) is 0 Å².